The maximum absolute atomic E-state index is 12.5. The third-order valence-corrected chi connectivity index (χ3v) is 5.37. The lowest BCUT2D eigenvalue weighted by Crippen LogP contribution is -2.28. The number of nitrogens with one attached hydrogen (secondary N) is 1. The van der Waals surface area contributed by atoms with Crippen molar-refractivity contribution in [2.45, 2.75) is 26.5 Å². The number of carbonyl (C=O) groups is 1. The highest BCUT2D eigenvalue weighted by molar-refractivity contribution is 6.35. The number of ketones is 1. The van der Waals surface area contributed by atoms with Crippen molar-refractivity contribution >= 4 is 34.9 Å². The summed E-state index contributed by atoms with van der Waals surface area (Å²) in [4.78, 5) is 16.7. The molecule has 0 fully saturated rings. The van der Waals surface area contributed by atoms with Crippen LogP contribution in [0, 0.1) is 0 Å². The standard InChI is InChI=1S/C21H18Cl2N4O2/c1-12-19(13(2)28)20(27-21(26-12)24-11-25-27)16-5-3-4-6-18(16)29-10-14-7-8-15(22)9-17(14)23/h3-9,11,20H,10H2,1-2H3,(H,24,25,26). The molecule has 1 N–H and O–H groups in total. The van der Waals surface area contributed by atoms with Gasteiger partial charge in [-0.1, -0.05) is 47.5 Å². The van der Waals surface area contributed by atoms with E-state index in [2.05, 4.69) is 15.4 Å². The summed E-state index contributed by atoms with van der Waals surface area (Å²) < 4.78 is 7.80. The van der Waals surface area contributed by atoms with Gasteiger partial charge in [0.05, 0.1) is 0 Å². The summed E-state index contributed by atoms with van der Waals surface area (Å²) in [6.07, 6.45) is 1.46. The molecule has 1 unspecified atom stereocenters. The normalized spacial score (nSPS) is 15.7. The lowest BCUT2D eigenvalue weighted by molar-refractivity contribution is -0.114. The first-order valence-electron chi connectivity index (χ1n) is 8.99. The fraction of sp³-hybridized carbons (Fsp3) is 0.190. The van der Waals surface area contributed by atoms with Gasteiger partial charge in [0.1, 0.15) is 24.7 Å². The van der Waals surface area contributed by atoms with Gasteiger partial charge in [0.15, 0.2) is 5.78 Å². The van der Waals surface area contributed by atoms with Crippen molar-refractivity contribution in [2.75, 3.05) is 5.32 Å². The fourth-order valence-electron chi connectivity index (χ4n) is 3.47. The molecule has 0 amide bonds. The smallest absolute Gasteiger partial charge is 0.226 e. The first kappa shape index (κ1) is 19.5. The number of Topliss-reactive ketones (excluding diaryl/α,β-unsaturated/α-hetero) is 1. The minimum absolute atomic E-state index is 0.0447. The van der Waals surface area contributed by atoms with E-state index in [4.69, 9.17) is 27.9 Å². The number of allylic oxidation sites excluding steroid dienone is 2. The molecule has 1 aromatic heterocycles. The SMILES string of the molecule is CC(=O)C1=C(C)Nc2ncnn2C1c1ccccc1OCc1ccc(Cl)cc1Cl. The second-order valence-corrected chi connectivity index (χ2v) is 7.56. The molecule has 1 aliphatic rings. The van der Waals surface area contributed by atoms with E-state index < -0.39 is 6.04 Å². The van der Waals surface area contributed by atoms with E-state index in [1.165, 1.54) is 6.33 Å². The Bertz CT molecular complexity index is 1120. The number of carbonyl (C=O) groups excluding carboxylic acids is 1. The first-order chi connectivity index (χ1) is 14.0. The van der Waals surface area contributed by atoms with Gasteiger partial charge in [0, 0.05) is 32.4 Å². The van der Waals surface area contributed by atoms with Crippen molar-refractivity contribution < 1.29 is 9.53 Å². The monoisotopic (exact) mass is 428 g/mol. The summed E-state index contributed by atoms with van der Waals surface area (Å²) in [5.74, 6) is 1.17. The maximum atomic E-state index is 12.5. The van der Waals surface area contributed by atoms with Gasteiger partial charge >= 0.3 is 0 Å². The van der Waals surface area contributed by atoms with Crippen LogP contribution < -0.4 is 10.1 Å². The molecule has 2 aromatic carbocycles. The predicted molar refractivity (Wildman–Crippen MR) is 112 cm³/mol. The summed E-state index contributed by atoms with van der Waals surface area (Å²) >= 11 is 12.2. The number of aromatic nitrogens is 3. The average Bonchev–Trinajstić information content (AvgIpc) is 3.14. The molecular weight excluding hydrogens is 411 g/mol. The average molecular weight is 429 g/mol. The Morgan fingerprint density at radius 3 is 2.79 bits per heavy atom. The number of benzene rings is 2. The Hall–Kier alpha value is -2.83. The van der Waals surface area contributed by atoms with Crippen molar-refractivity contribution in [1.29, 1.82) is 0 Å². The largest absolute Gasteiger partial charge is 0.488 e. The molecule has 0 saturated heterocycles. The Labute approximate surface area is 178 Å². The van der Waals surface area contributed by atoms with Crippen LogP contribution in [0.1, 0.15) is 31.0 Å². The number of hydrogen-bond acceptors (Lipinski definition) is 5. The van der Waals surface area contributed by atoms with Gasteiger partial charge in [-0.05, 0) is 32.0 Å². The molecule has 148 valence electrons. The molecule has 4 rings (SSSR count). The quantitative estimate of drug-likeness (QED) is 0.615. The summed E-state index contributed by atoms with van der Waals surface area (Å²) in [6, 6.07) is 12.4. The van der Waals surface area contributed by atoms with Crippen LogP contribution in [-0.2, 0) is 11.4 Å². The van der Waals surface area contributed by atoms with Crippen molar-refractivity contribution in [3.05, 3.63) is 81.2 Å². The molecule has 1 atom stereocenters. The van der Waals surface area contributed by atoms with Gasteiger partial charge in [0.2, 0.25) is 5.95 Å². The first-order valence-corrected chi connectivity index (χ1v) is 9.75. The molecule has 0 aliphatic carbocycles. The molecule has 0 bridgehead atoms. The Kier molecular flexibility index (Phi) is 5.30. The van der Waals surface area contributed by atoms with Crippen LogP contribution in [0.25, 0.3) is 0 Å². The predicted octanol–water partition coefficient (Wildman–Crippen LogP) is 5.04. The minimum Gasteiger partial charge on any atom is -0.488 e. The Balaban J connectivity index is 1.73. The Morgan fingerprint density at radius 2 is 2.03 bits per heavy atom. The molecule has 0 spiro atoms. The zero-order valence-electron chi connectivity index (χ0n) is 15.8. The highest BCUT2D eigenvalue weighted by atomic mass is 35.5. The number of para-hydroxylation sites is 1. The third-order valence-electron chi connectivity index (χ3n) is 4.79. The van der Waals surface area contributed by atoms with Gasteiger partial charge in [-0.15, -0.1) is 0 Å². The van der Waals surface area contributed by atoms with Crippen LogP contribution >= 0.6 is 23.2 Å². The molecular formula is C21H18Cl2N4O2. The summed E-state index contributed by atoms with van der Waals surface area (Å²) in [7, 11) is 0. The molecule has 1 aliphatic heterocycles. The van der Waals surface area contributed by atoms with Crippen molar-refractivity contribution in [3.63, 3.8) is 0 Å². The highest BCUT2D eigenvalue weighted by Gasteiger charge is 2.33. The number of anilines is 1. The lowest BCUT2D eigenvalue weighted by Gasteiger charge is -2.29. The van der Waals surface area contributed by atoms with Crippen LogP contribution in [0.3, 0.4) is 0 Å². The second-order valence-electron chi connectivity index (χ2n) is 6.71. The molecule has 0 radical (unpaired) electrons. The second kappa shape index (κ2) is 7.89. The number of halogens is 2. The van der Waals surface area contributed by atoms with Crippen LogP contribution in [0.5, 0.6) is 5.75 Å². The third kappa shape index (κ3) is 3.73. The van der Waals surface area contributed by atoms with Gasteiger partial charge in [-0.2, -0.15) is 10.1 Å². The Morgan fingerprint density at radius 1 is 1.24 bits per heavy atom. The van der Waals surface area contributed by atoms with E-state index in [-0.39, 0.29) is 12.4 Å². The fourth-order valence-corrected chi connectivity index (χ4v) is 3.93. The molecule has 3 aromatic rings. The summed E-state index contributed by atoms with van der Waals surface area (Å²) in [5.41, 5.74) is 2.99. The molecule has 6 nitrogen and oxygen atoms in total. The molecule has 0 saturated carbocycles. The van der Waals surface area contributed by atoms with Crippen LogP contribution in [0.15, 0.2) is 60.1 Å². The molecule has 8 heteroatoms. The molecule has 29 heavy (non-hydrogen) atoms. The number of rotatable bonds is 5. The van der Waals surface area contributed by atoms with Gasteiger partial charge in [0.25, 0.3) is 0 Å². The number of fused-ring (bicyclic) bond motifs is 1. The van der Waals surface area contributed by atoms with Gasteiger partial charge < -0.3 is 10.1 Å². The molecule has 2 heterocycles. The topological polar surface area (TPSA) is 69.0 Å². The number of ether oxygens (including phenoxy) is 1. The van der Waals surface area contributed by atoms with E-state index in [0.717, 1.165) is 16.8 Å². The maximum Gasteiger partial charge on any atom is 0.226 e. The summed E-state index contributed by atoms with van der Waals surface area (Å²) in [6.45, 7) is 3.67. The van der Waals surface area contributed by atoms with Crippen LogP contribution in [0.4, 0.5) is 5.95 Å². The van der Waals surface area contributed by atoms with E-state index in [1.807, 2.05) is 37.3 Å². The van der Waals surface area contributed by atoms with Crippen molar-refractivity contribution in [3.8, 4) is 5.75 Å². The van der Waals surface area contributed by atoms with E-state index in [0.29, 0.717) is 27.3 Å². The minimum atomic E-state index is -0.442. The van der Waals surface area contributed by atoms with Crippen LogP contribution in [0.2, 0.25) is 10.0 Å². The number of hydrogen-bond donors (Lipinski definition) is 1. The van der Waals surface area contributed by atoms with Gasteiger partial charge in [-0.3, -0.25) is 4.79 Å². The van der Waals surface area contributed by atoms with E-state index in [1.54, 1.807) is 23.7 Å². The van der Waals surface area contributed by atoms with Crippen molar-refractivity contribution in [1.82, 2.24) is 14.8 Å². The zero-order valence-corrected chi connectivity index (χ0v) is 17.3. The lowest BCUT2D eigenvalue weighted by atomic mass is 9.92. The summed E-state index contributed by atoms with van der Waals surface area (Å²) in [5, 5.41) is 8.58. The van der Waals surface area contributed by atoms with E-state index in [9.17, 15) is 4.79 Å². The highest BCUT2D eigenvalue weighted by Crippen LogP contribution is 2.39. The van der Waals surface area contributed by atoms with E-state index >= 15 is 0 Å². The number of nitrogens with zero attached hydrogens (tertiary/aromatic N) is 3. The van der Waals surface area contributed by atoms with Crippen molar-refractivity contribution in [2.24, 2.45) is 0 Å². The zero-order chi connectivity index (χ0) is 20.5. The van der Waals surface area contributed by atoms with Gasteiger partial charge in [-0.25, -0.2) is 4.68 Å². The van der Waals surface area contributed by atoms with Crippen LogP contribution in [-0.4, -0.2) is 20.5 Å².